The Labute approximate surface area is 167 Å². The molecular weight excluding hydrogens is 344 g/mol. The van der Waals surface area contributed by atoms with Gasteiger partial charge in [0.25, 0.3) is 0 Å². The molecule has 3 atom stereocenters. The average Bonchev–Trinajstić information content (AvgIpc) is 3.07. The van der Waals surface area contributed by atoms with E-state index in [-0.39, 0.29) is 0 Å². The number of nitrogens with zero attached hydrogens (tertiary/aromatic N) is 2. The topological polar surface area (TPSA) is 41.9 Å². The van der Waals surface area contributed by atoms with Gasteiger partial charge in [0.05, 0.1) is 11.0 Å². The van der Waals surface area contributed by atoms with Gasteiger partial charge in [-0.05, 0) is 62.9 Å². The molecule has 0 unspecified atom stereocenters. The predicted molar refractivity (Wildman–Crippen MR) is 116 cm³/mol. The third-order valence-corrected chi connectivity index (χ3v) is 6.55. The van der Waals surface area contributed by atoms with E-state index in [4.69, 9.17) is 4.98 Å². The number of fused-ring (bicyclic) bond motifs is 3. The fourth-order valence-corrected chi connectivity index (χ4v) is 5.01. The van der Waals surface area contributed by atoms with Crippen molar-refractivity contribution in [3.8, 4) is 0 Å². The fraction of sp³-hybridized carbons (Fsp3) is 0.458. The molecule has 2 aromatic carbocycles. The predicted octanol–water partition coefficient (Wildman–Crippen LogP) is 4.54. The summed E-state index contributed by atoms with van der Waals surface area (Å²) in [7, 11) is 0. The monoisotopic (exact) mass is 374 g/mol. The van der Waals surface area contributed by atoms with Crippen molar-refractivity contribution in [2.45, 2.75) is 51.6 Å². The van der Waals surface area contributed by atoms with Crippen molar-refractivity contribution in [3.63, 3.8) is 0 Å². The number of aromatic nitrogens is 2. The van der Waals surface area contributed by atoms with Crippen LogP contribution in [0.25, 0.3) is 11.0 Å². The lowest BCUT2D eigenvalue weighted by molar-refractivity contribution is 0.274. The SMILES string of the molecule is C[C@H]1CCc2c(ccc3c2nc(Cc2ccccc2)n3[C@@H]2CCNC[C@@H]2C)N1. The zero-order chi connectivity index (χ0) is 19.1. The first-order valence-electron chi connectivity index (χ1n) is 10.7. The summed E-state index contributed by atoms with van der Waals surface area (Å²) in [4.78, 5) is 5.26. The molecule has 3 aromatic rings. The molecule has 3 heterocycles. The molecule has 0 amide bonds. The lowest BCUT2D eigenvalue weighted by Crippen LogP contribution is -2.37. The molecule has 2 aliphatic heterocycles. The summed E-state index contributed by atoms with van der Waals surface area (Å²) in [6.07, 6.45) is 4.35. The lowest BCUT2D eigenvalue weighted by Gasteiger charge is -2.32. The van der Waals surface area contributed by atoms with Crippen molar-refractivity contribution in [2.75, 3.05) is 18.4 Å². The quantitative estimate of drug-likeness (QED) is 0.707. The average molecular weight is 375 g/mol. The molecule has 2 N–H and O–H groups in total. The molecular formula is C24H30N4. The van der Waals surface area contributed by atoms with Gasteiger partial charge in [0.2, 0.25) is 0 Å². The molecule has 0 aliphatic carbocycles. The van der Waals surface area contributed by atoms with Crippen LogP contribution in [0.4, 0.5) is 5.69 Å². The Morgan fingerprint density at radius 1 is 1.07 bits per heavy atom. The molecule has 2 aliphatic rings. The van der Waals surface area contributed by atoms with Crippen LogP contribution in [-0.4, -0.2) is 28.7 Å². The highest BCUT2D eigenvalue weighted by atomic mass is 15.1. The Kier molecular flexibility index (Phi) is 4.59. The first-order valence-corrected chi connectivity index (χ1v) is 10.7. The normalized spacial score (nSPS) is 24.7. The summed E-state index contributed by atoms with van der Waals surface area (Å²) in [5.74, 6) is 1.82. The number of hydrogen-bond donors (Lipinski definition) is 2. The van der Waals surface area contributed by atoms with E-state index < -0.39 is 0 Å². The highest BCUT2D eigenvalue weighted by molar-refractivity contribution is 5.86. The van der Waals surface area contributed by atoms with Gasteiger partial charge in [-0.25, -0.2) is 4.98 Å². The molecule has 5 rings (SSSR count). The summed E-state index contributed by atoms with van der Waals surface area (Å²) in [6.45, 7) is 6.81. The van der Waals surface area contributed by atoms with Crippen LogP contribution in [0.1, 0.15) is 49.7 Å². The Balaban J connectivity index is 1.66. The molecule has 0 spiro atoms. The van der Waals surface area contributed by atoms with E-state index in [0.29, 0.717) is 18.0 Å². The maximum atomic E-state index is 5.26. The molecule has 0 bridgehead atoms. The first-order chi connectivity index (χ1) is 13.7. The van der Waals surface area contributed by atoms with Crippen LogP contribution < -0.4 is 10.6 Å². The van der Waals surface area contributed by atoms with Crippen LogP contribution in [-0.2, 0) is 12.8 Å². The number of rotatable bonds is 3. The smallest absolute Gasteiger partial charge is 0.114 e. The summed E-state index contributed by atoms with van der Waals surface area (Å²) >= 11 is 0. The van der Waals surface area contributed by atoms with Crippen LogP contribution in [0.5, 0.6) is 0 Å². The Bertz CT molecular complexity index is 975. The third-order valence-electron chi connectivity index (χ3n) is 6.55. The van der Waals surface area contributed by atoms with Gasteiger partial charge < -0.3 is 15.2 Å². The molecule has 28 heavy (non-hydrogen) atoms. The molecule has 0 saturated carbocycles. The second-order valence-electron chi connectivity index (χ2n) is 8.64. The van der Waals surface area contributed by atoms with Gasteiger partial charge >= 0.3 is 0 Å². The van der Waals surface area contributed by atoms with Crippen molar-refractivity contribution in [1.29, 1.82) is 0 Å². The third kappa shape index (κ3) is 3.10. The van der Waals surface area contributed by atoms with Gasteiger partial charge in [-0.1, -0.05) is 37.3 Å². The number of piperidine rings is 1. The highest BCUT2D eigenvalue weighted by Gasteiger charge is 2.28. The van der Waals surface area contributed by atoms with E-state index in [0.717, 1.165) is 25.9 Å². The zero-order valence-corrected chi connectivity index (χ0v) is 16.9. The molecule has 146 valence electrons. The summed E-state index contributed by atoms with van der Waals surface area (Å²) in [5.41, 5.74) is 6.56. The lowest BCUT2D eigenvalue weighted by atomic mass is 9.94. The second kappa shape index (κ2) is 7.25. The number of aryl methyl sites for hydroxylation is 1. The van der Waals surface area contributed by atoms with Gasteiger partial charge in [-0.3, -0.25) is 0 Å². The summed E-state index contributed by atoms with van der Waals surface area (Å²) < 4.78 is 2.58. The minimum absolute atomic E-state index is 0.512. The maximum Gasteiger partial charge on any atom is 0.114 e. The van der Waals surface area contributed by atoms with Gasteiger partial charge in [0, 0.05) is 29.8 Å². The zero-order valence-electron chi connectivity index (χ0n) is 16.9. The Morgan fingerprint density at radius 2 is 1.93 bits per heavy atom. The van der Waals surface area contributed by atoms with Crippen LogP contribution in [0.3, 0.4) is 0 Å². The summed E-state index contributed by atoms with van der Waals surface area (Å²) in [6, 6.07) is 16.4. The molecule has 0 radical (unpaired) electrons. The molecule has 1 fully saturated rings. The van der Waals surface area contributed by atoms with E-state index in [9.17, 15) is 0 Å². The number of nitrogens with one attached hydrogen (secondary N) is 2. The van der Waals surface area contributed by atoms with E-state index in [1.165, 1.54) is 46.5 Å². The Morgan fingerprint density at radius 3 is 2.75 bits per heavy atom. The van der Waals surface area contributed by atoms with Crippen molar-refractivity contribution in [2.24, 2.45) is 5.92 Å². The molecule has 4 heteroatoms. The highest BCUT2D eigenvalue weighted by Crippen LogP contribution is 2.36. The van der Waals surface area contributed by atoms with Gasteiger partial charge in [-0.2, -0.15) is 0 Å². The number of anilines is 1. The van der Waals surface area contributed by atoms with Crippen molar-refractivity contribution >= 4 is 16.7 Å². The number of hydrogen-bond acceptors (Lipinski definition) is 3. The van der Waals surface area contributed by atoms with Gasteiger partial charge in [0.15, 0.2) is 0 Å². The standard InChI is InChI=1S/C24H30N4/c1-16-15-25-13-12-21(16)28-22-11-10-20-19(9-8-17(2)26-20)24(22)27-23(28)14-18-6-4-3-5-7-18/h3-7,10-11,16-17,21,25-26H,8-9,12-15H2,1-2H3/t16-,17-,21+/m0/s1. The second-order valence-corrected chi connectivity index (χ2v) is 8.64. The largest absolute Gasteiger partial charge is 0.382 e. The number of imidazole rings is 1. The van der Waals surface area contributed by atoms with E-state index in [1.807, 2.05) is 0 Å². The van der Waals surface area contributed by atoms with Crippen molar-refractivity contribution < 1.29 is 0 Å². The van der Waals surface area contributed by atoms with E-state index in [2.05, 4.69) is 71.5 Å². The van der Waals surface area contributed by atoms with Gasteiger partial charge in [-0.15, -0.1) is 0 Å². The number of benzene rings is 2. The van der Waals surface area contributed by atoms with Crippen molar-refractivity contribution in [3.05, 3.63) is 59.4 Å². The van der Waals surface area contributed by atoms with Crippen LogP contribution >= 0.6 is 0 Å². The van der Waals surface area contributed by atoms with Crippen LogP contribution in [0.15, 0.2) is 42.5 Å². The van der Waals surface area contributed by atoms with E-state index >= 15 is 0 Å². The minimum atomic E-state index is 0.512. The van der Waals surface area contributed by atoms with Crippen LogP contribution in [0, 0.1) is 5.92 Å². The molecule has 1 saturated heterocycles. The first kappa shape index (κ1) is 17.7. The maximum absolute atomic E-state index is 5.26. The van der Waals surface area contributed by atoms with E-state index in [1.54, 1.807) is 0 Å². The van der Waals surface area contributed by atoms with Crippen LogP contribution in [0.2, 0.25) is 0 Å². The summed E-state index contributed by atoms with van der Waals surface area (Å²) in [5, 5.41) is 7.21. The van der Waals surface area contributed by atoms with Crippen molar-refractivity contribution in [1.82, 2.24) is 14.9 Å². The fourth-order valence-electron chi connectivity index (χ4n) is 5.01. The minimum Gasteiger partial charge on any atom is -0.382 e. The molecule has 1 aromatic heterocycles. The van der Waals surface area contributed by atoms with Gasteiger partial charge in [0.1, 0.15) is 5.82 Å². The molecule has 4 nitrogen and oxygen atoms in total. The Hall–Kier alpha value is -2.33.